The standard InChI is InChI=1S/C24H28N2O4/c1-6-30-24(27)23-16(2)18-9-7-8-10-19(18)25-20(23)15-26(3)14-17-11-12-21(28-4)22(13-17)29-5/h7-13H,6,14-15H2,1-5H3. The summed E-state index contributed by atoms with van der Waals surface area (Å²) in [5.41, 5.74) is 4.11. The molecule has 158 valence electrons. The molecule has 3 rings (SSSR count). The third kappa shape index (κ3) is 4.54. The van der Waals surface area contributed by atoms with Crippen LogP contribution in [-0.4, -0.2) is 43.7 Å². The number of pyridine rings is 1. The van der Waals surface area contributed by atoms with Crippen molar-refractivity contribution in [2.45, 2.75) is 26.9 Å². The van der Waals surface area contributed by atoms with Crippen LogP contribution in [0.3, 0.4) is 0 Å². The van der Waals surface area contributed by atoms with E-state index < -0.39 is 0 Å². The van der Waals surface area contributed by atoms with Gasteiger partial charge in [0.1, 0.15) is 0 Å². The molecule has 0 aliphatic carbocycles. The predicted octanol–water partition coefficient (Wildman–Crippen LogP) is 4.37. The first kappa shape index (κ1) is 21.6. The summed E-state index contributed by atoms with van der Waals surface area (Å²) < 4.78 is 16.0. The van der Waals surface area contributed by atoms with Crippen LogP contribution < -0.4 is 9.47 Å². The van der Waals surface area contributed by atoms with Crippen LogP contribution in [0.2, 0.25) is 0 Å². The fraction of sp³-hybridized carbons (Fsp3) is 0.333. The maximum atomic E-state index is 12.7. The number of benzene rings is 2. The lowest BCUT2D eigenvalue weighted by atomic mass is 10.0. The molecule has 0 fully saturated rings. The molecule has 0 aliphatic heterocycles. The van der Waals surface area contributed by atoms with Crippen molar-refractivity contribution >= 4 is 16.9 Å². The Morgan fingerprint density at radius 2 is 1.77 bits per heavy atom. The highest BCUT2D eigenvalue weighted by Crippen LogP contribution is 2.29. The van der Waals surface area contributed by atoms with Gasteiger partial charge >= 0.3 is 5.97 Å². The summed E-state index contributed by atoms with van der Waals surface area (Å²) in [4.78, 5) is 19.6. The van der Waals surface area contributed by atoms with Gasteiger partial charge in [-0.25, -0.2) is 4.79 Å². The third-order valence-electron chi connectivity index (χ3n) is 5.03. The predicted molar refractivity (Wildman–Crippen MR) is 117 cm³/mol. The molecule has 30 heavy (non-hydrogen) atoms. The van der Waals surface area contributed by atoms with Crippen molar-refractivity contribution in [3.05, 3.63) is 64.8 Å². The molecule has 0 radical (unpaired) electrons. The summed E-state index contributed by atoms with van der Waals surface area (Å²) in [6, 6.07) is 13.7. The molecule has 6 nitrogen and oxygen atoms in total. The minimum atomic E-state index is -0.331. The topological polar surface area (TPSA) is 60.9 Å². The van der Waals surface area contributed by atoms with Crippen molar-refractivity contribution in [3.63, 3.8) is 0 Å². The van der Waals surface area contributed by atoms with Crippen LogP contribution in [-0.2, 0) is 17.8 Å². The number of esters is 1. The van der Waals surface area contributed by atoms with E-state index in [1.54, 1.807) is 14.2 Å². The smallest absolute Gasteiger partial charge is 0.340 e. The van der Waals surface area contributed by atoms with Crippen molar-refractivity contribution in [1.82, 2.24) is 9.88 Å². The van der Waals surface area contributed by atoms with Gasteiger partial charge in [0.25, 0.3) is 0 Å². The molecule has 1 aromatic heterocycles. The first-order valence-electron chi connectivity index (χ1n) is 9.93. The number of fused-ring (bicyclic) bond motifs is 1. The second-order valence-electron chi connectivity index (χ2n) is 7.16. The van der Waals surface area contributed by atoms with Crippen molar-refractivity contribution in [2.75, 3.05) is 27.9 Å². The molecule has 2 aromatic carbocycles. The highest BCUT2D eigenvalue weighted by Gasteiger charge is 2.21. The van der Waals surface area contributed by atoms with Crippen molar-refractivity contribution < 1.29 is 19.0 Å². The van der Waals surface area contributed by atoms with Gasteiger partial charge in [0.05, 0.1) is 37.6 Å². The number of hydrogen-bond donors (Lipinski definition) is 0. The number of aryl methyl sites for hydroxylation is 1. The molecule has 0 amide bonds. The van der Waals surface area contributed by atoms with Gasteiger partial charge in [-0.05, 0) is 50.2 Å². The average Bonchev–Trinajstić information content (AvgIpc) is 2.73. The summed E-state index contributed by atoms with van der Waals surface area (Å²) in [5.74, 6) is 1.05. The molecular formula is C24H28N2O4. The maximum Gasteiger partial charge on any atom is 0.340 e. The van der Waals surface area contributed by atoms with Crippen molar-refractivity contribution in [1.29, 1.82) is 0 Å². The minimum Gasteiger partial charge on any atom is -0.493 e. The first-order valence-corrected chi connectivity index (χ1v) is 9.93. The van der Waals surface area contributed by atoms with Crippen LogP contribution in [0.15, 0.2) is 42.5 Å². The van der Waals surface area contributed by atoms with E-state index in [0.717, 1.165) is 22.0 Å². The summed E-state index contributed by atoms with van der Waals surface area (Å²) in [6.07, 6.45) is 0. The summed E-state index contributed by atoms with van der Waals surface area (Å²) in [7, 11) is 5.24. The molecule has 0 aliphatic rings. The molecule has 3 aromatic rings. The molecule has 1 heterocycles. The van der Waals surface area contributed by atoms with E-state index in [0.29, 0.717) is 42.5 Å². The second kappa shape index (κ2) is 9.59. The molecule has 0 N–H and O–H groups in total. The molecule has 0 saturated heterocycles. The molecule has 0 unspecified atom stereocenters. The number of para-hydroxylation sites is 1. The minimum absolute atomic E-state index is 0.325. The molecular weight excluding hydrogens is 380 g/mol. The second-order valence-corrected chi connectivity index (χ2v) is 7.16. The van der Waals surface area contributed by atoms with E-state index in [-0.39, 0.29) is 5.97 Å². The van der Waals surface area contributed by atoms with Gasteiger partial charge in [-0.2, -0.15) is 0 Å². The van der Waals surface area contributed by atoms with Crippen LogP contribution in [0.1, 0.15) is 34.1 Å². The van der Waals surface area contributed by atoms with Crippen LogP contribution in [0.5, 0.6) is 11.5 Å². The zero-order valence-electron chi connectivity index (χ0n) is 18.2. The average molecular weight is 408 g/mol. The van der Waals surface area contributed by atoms with E-state index >= 15 is 0 Å². The summed E-state index contributed by atoms with van der Waals surface area (Å²) in [6.45, 7) is 5.26. The summed E-state index contributed by atoms with van der Waals surface area (Å²) >= 11 is 0. The van der Waals surface area contributed by atoms with E-state index in [1.165, 1.54) is 0 Å². The van der Waals surface area contributed by atoms with Gasteiger partial charge in [0, 0.05) is 18.5 Å². The number of carbonyl (C=O) groups is 1. The highest BCUT2D eigenvalue weighted by molar-refractivity contribution is 5.98. The lowest BCUT2D eigenvalue weighted by Crippen LogP contribution is -2.22. The van der Waals surface area contributed by atoms with Gasteiger partial charge in [-0.3, -0.25) is 9.88 Å². The molecule has 0 atom stereocenters. The zero-order valence-corrected chi connectivity index (χ0v) is 18.2. The highest BCUT2D eigenvalue weighted by atomic mass is 16.5. The Hall–Kier alpha value is -3.12. The third-order valence-corrected chi connectivity index (χ3v) is 5.03. The Morgan fingerprint density at radius 1 is 1.03 bits per heavy atom. The number of methoxy groups -OCH3 is 2. The number of nitrogens with zero attached hydrogens (tertiary/aromatic N) is 2. The van der Waals surface area contributed by atoms with Crippen molar-refractivity contribution in [3.8, 4) is 11.5 Å². The van der Waals surface area contributed by atoms with Gasteiger partial charge < -0.3 is 14.2 Å². The van der Waals surface area contributed by atoms with Crippen LogP contribution in [0, 0.1) is 6.92 Å². The van der Waals surface area contributed by atoms with E-state index in [2.05, 4.69) is 4.90 Å². The Bertz CT molecular complexity index is 1050. The van der Waals surface area contributed by atoms with Crippen LogP contribution in [0.4, 0.5) is 0 Å². The number of rotatable bonds is 8. The van der Waals surface area contributed by atoms with Gasteiger partial charge in [0.2, 0.25) is 0 Å². The Kier molecular flexibility index (Phi) is 6.90. The van der Waals surface area contributed by atoms with Gasteiger partial charge in [-0.1, -0.05) is 24.3 Å². The van der Waals surface area contributed by atoms with E-state index in [9.17, 15) is 4.79 Å². The van der Waals surface area contributed by atoms with Gasteiger partial charge in [-0.15, -0.1) is 0 Å². The van der Waals surface area contributed by atoms with E-state index in [1.807, 2.05) is 63.4 Å². The molecule has 0 bridgehead atoms. The fourth-order valence-corrected chi connectivity index (χ4v) is 3.63. The number of ether oxygens (including phenoxy) is 3. The maximum absolute atomic E-state index is 12.7. The largest absolute Gasteiger partial charge is 0.493 e. The summed E-state index contributed by atoms with van der Waals surface area (Å²) in [5, 5.41) is 0.965. The Morgan fingerprint density at radius 3 is 2.47 bits per heavy atom. The lowest BCUT2D eigenvalue weighted by molar-refractivity contribution is 0.0522. The van der Waals surface area contributed by atoms with Crippen LogP contribution in [0.25, 0.3) is 10.9 Å². The molecule has 0 spiro atoms. The number of hydrogen-bond acceptors (Lipinski definition) is 6. The zero-order chi connectivity index (χ0) is 21.7. The SMILES string of the molecule is CCOC(=O)c1c(CN(C)Cc2ccc(OC)c(OC)c2)nc2ccccc2c1C. The number of aromatic nitrogens is 1. The van der Waals surface area contributed by atoms with E-state index in [4.69, 9.17) is 19.2 Å². The normalized spacial score (nSPS) is 11.0. The quantitative estimate of drug-likeness (QED) is 0.516. The Labute approximate surface area is 177 Å². The van der Waals surface area contributed by atoms with Gasteiger partial charge in [0.15, 0.2) is 11.5 Å². The fourth-order valence-electron chi connectivity index (χ4n) is 3.63. The molecule has 6 heteroatoms. The van der Waals surface area contributed by atoms with Crippen molar-refractivity contribution in [2.24, 2.45) is 0 Å². The first-order chi connectivity index (χ1) is 14.5. The lowest BCUT2D eigenvalue weighted by Gasteiger charge is -2.20. The van der Waals surface area contributed by atoms with Crippen LogP contribution >= 0.6 is 0 Å². The molecule has 0 saturated carbocycles. The number of carbonyl (C=O) groups excluding carboxylic acids is 1. The Balaban J connectivity index is 1.92. The monoisotopic (exact) mass is 408 g/mol.